The molecule has 2 rings (SSSR count). The molecule has 0 aromatic rings. The molecule has 1 fully saturated rings. The summed E-state index contributed by atoms with van der Waals surface area (Å²) in [4.78, 5) is 0. The fourth-order valence-corrected chi connectivity index (χ4v) is 1.97. The van der Waals surface area contributed by atoms with Crippen molar-refractivity contribution in [2.45, 2.75) is 25.7 Å². The van der Waals surface area contributed by atoms with Crippen molar-refractivity contribution in [1.82, 2.24) is 0 Å². The van der Waals surface area contributed by atoms with E-state index in [1.165, 1.54) is 25.7 Å². The van der Waals surface area contributed by atoms with E-state index in [1.807, 2.05) is 0 Å². The molecule has 0 aromatic carbocycles. The Morgan fingerprint density at radius 2 is 2.25 bits per heavy atom. The molecule has 0 saturated heterocycles. The Morgan fingerprint density at radius 3 is 3.00 bits per heavy atom. The lowest BCUT2D eigenvalue weighted by atomic mass is 9.96. The minimum absolute atomic E-state index is 0.980. The molecule has 2 aliphatic carbocycles. The maximum absolute atomic E-state index is 2.41. The monoisotopic (exact) mass is 108 g/mol. The van der Waals surface area contributed by atoms with Gasteiger partial charge < -0.3 is 0 Å². The van der Waals surface area contributed by atoms with Crippen molar-refractivity contribution in [1.29, 1.82) is 0 Å². The molecule has 0 spiro atoms. The van der Waals surface area contributed by atoms with Crippen LogP contribution in [0.5, 0.6) is 0 Å². The second-order valence-corrected chi connectivity index (χ2v) is 3.10. The molecule has 0 amide bonds. The van der Waals surface area contributed by atoms with Crippen LogP contribution in [0, 0.1) is 11.8 Å². The van der Waals surface area contributed by atoms with Crippen LogP contribution in [0.15, 0.2) is 12.2 Å². The fourth-order valence-electron chi connectivity index (χ4n) is 1.97. The van der Waals surface area contributed by atoms with E-state index in [4.69, 9.17) is 0 Å². The van der Waals surface area contributed by atoms with Gasteiger partial charge in [0.05, 0.1) is 0 Å². The molecule has 2 bridgehead atoms. The van der Waals surface area contributed by atoms with Gasteiger partial charge in [0.25, 0.3) is 0 Å². The van der Waals surface area contributed by atoms with Crippen molar-refractivity contribution in [3.8, 4) is 0 Å². The van der Waals surface area contributed by atoms with Crippen molar-refractivity contribution >= 4 is 0 Å². The van der Waals surface area contributed by atoms with Crippen molar-refractivity contribution in [2.75, 3.05) is 0 Å². The van der Waals surface area contributed by atoms with Gasteiger partial charge in [-0.05, 0) is 37.5 Å². The predicted octanol–water partition coefficient (Wildman–Crippen LogP) is 2.36. The fraction of sp³-hybridized carbons (Fsp3) is 0.750. The first kappa shape index (κ1) is 4.60. The van der Waals surface area contributed by atoms with Crippen molar-refractivity contribution in [2.24, 2.45) is 11.8 Å². The molecule has 44 valence electrons. The van der Waals surface area contributed by atoms with Crippen LogP contribution in [0.25, 0.3) is 0 Å². The third-order valence-electron chi connectivity index (χ3n) is 2.46. The number of allylic oxidation sites excluding steroid dienone is 2. The summed E-state index contributed by atoms with van der Waals surface area (Å²) in [5.74, 6) is 2.05. The summed E-state index contributed by atoms with van der Waals surface area (Å²) in [6.45, 7) is 0. The molecule has 0 nitrogen and oxygen atoms in total. The first-order chi connectivity index (χ1) is 3.95. The van der Waals surface area contributed by atoms with Gasteiger partial charge in [0.2, 0.25) is 0 Å². The van der Waals surface area contributed by atoms with Gasteiger partial charge in [-0.2, -0.15) is 0 Å². The highest BCUT2D eigenvalue weighted by Crippen LogP contribution is 2.37. The summed E-state index contributed by atoms with van der Waals surface area (Å²) in [6, 6.07) is 0. The quantitative estimate of drug-likeness (QED) is 0.418. The molecule has 0 N–H and O–H groups in total. The lowest BCUT2D eigenvalue weighted by Gasteiger charge is -2.10. The highest BCUT2D eigenvalue weighted by atomic mass is 14.3. The Hall–Kier alpha value is -0.260. The Kier molecular flexibility index (Phi) is 0.927. The number of hydrogen-bond donors (Lipinski definition) is 0. The molecule has 0 heterocycles. The summed E-state index contributed by atoms with van der Waals surface area (Å²) >= 11 is 0. The second kappa shape index (κ2) is 1.61. The average Bonchev–Trinajstić information content (AvgIpc) is 2.12. The summed E-state index contributed by atoms with van der Waals surface area (Å²) < 4.78 is 0. The Bertz CT molecular complexity index is 113. The number of fused-ring (bicyclic) bond motifs is 2. The summed E-state index contributed by atoms with van der Waals surface area (Å²) in [5.41, 5.74) is 0. The Morgan fingerprint density at radius 1 is 1.25 bits per heavy atom. The lowest BCUT2D eigenvalue weighted by molar-refractivity contribution is 0.519. The van der Waals surface area contributed by atoms with Crippen LogP contribution in [0.3, 0.4) is 0 Å². The smallest absolute Gasteiger partial charge is 0.0231 e. The molecular weight excluding hydrogens is 96.1 g/mol. The van der Waals surface area contributed by atoms with Crippen LogP contribution in [-0.2, 0) is 0 Å². The van der Waals surface area contributed by atoms with E-state index in [0.717, 1.165) is 11.8 Å². The number of hydrogen-bond acceptors (Lipinski definition) is 0. The highest BCUT2D eigenvalue weighted by molar-refractivity contribution is 5.00. The average molecular weight is 108 g/mol. The first-order valence-electron chi connectivity index (χ1n) is 3.62. The van der Waals surface area contributed by atoms with Gasteiger partial charge in [-0.1, -0.05) is 12.2 Å². The SMILES string of the molecule is C1=C[C@H]2CC[C@@H](C1)C2. The molecular formula is C8H12. The van der Waals surface area contributed by atoms with Gasteiger partial charge in [0, 0.05) is 0 Å². The maximum Gasteiger partial charge on any atom is -0.0231 e. The lowest BCUT2D eigenvalue weighted by Crippen LogP contribution is -1.97. The van der Waals surface area contributed by atoms with E-state index in [1.54, 1.807) is 0 Å². The highest BCUT2D eigenvalue weighted by Gasteiger charge is 2.24. The first-order valence-corrected chi connectivity index (χ1v) is 3.62. The molecule has 0 aromatic heterocycles. The minimum Gasteiger partial charge on any atom is -0.0880 e. The van der Waals surface area contributed by atoms with E-state index in [2.05, 4.69) is 12.2 Å². The van der Waals surface area contributed by atoms with Gasteiger partial charge in [0.15, 0.2) is 0 Å². The molecule has 0 aliphatic heterocycles. The van der Waals surface area contributed by atoms with Crippen LogP contribution >= 0.6 is 0 Å². The van der Waals surface area contributed by atoms with Crippen molar-refractivity contribution in [3.05, 3.63) is 12.2 Å². The molecule has 0 radical (unpaired) electrons. The third kappa shape index (κ3) is 0.594. The van der Waals surface area contributed by atoms with Crippen LogP contribution in [0.2, 0.25) is 0 Å². The number of rotatable bonds is 0. The van der Waals surface area contributed by atoms with E-state index in [0.29, 0.717) is 0 Å². The molecule has 0 heteroatoms. The zero-order valence-corrected chi connectivity index (χ0v) is 5.14. The maximum atomic E-state index is 2.41. The standard InChI is InChI=1S/C8H12/c1-2-7-4-5-8(3-1)6-7/h1-2,7-8H,3-6H2/t7-,8+/m0/s1. The van der Waals surface area contributed by atoms with Gasteiger partial charge >= 0.3 is 0 Å². The van der Waals surface area contributed by atoms with Crippen molar-refractivity contribution in [3.63, 3.8) is 0 Å². The van der Waals surface area contributed by atoms with Crippen LogP contribution < -0.4 is 0 Å². The molecule has 8 heavy (non-hydrogen) atoms. The van der Waals surface area contributed by atoms with Gasteiger partial charge in [-0.25, -0.2) is 0 Å². The predicted molar refractivity (Wildman–Crippen MR) is 34.6 cm³/mol. The molecule has 2 aliphatic rings. The van der Waals surface area contributed by atoms with E-state index < -0.39 is 0 Å². The van der Waals surface area contributed by atoms with Gasteiger partial charge in [0.1, 0.15) is 0 Å². The van der Waals surface area contributed by atoms with Crippen LogP contribution in [-0.4, -0.2) is 0 Å². The Balaban J connectivity index is 2.17. The molecule has 1 saturated carbocycles. The molecule has 2 atom stereocenters. The summed E-state index contributed by atoms with van der Waals surface area (Å²) in [6.07, 6.45) is 10.6. The summed E-state index contributed by atoms with van der Waals surface area (Å²) in [5, 5.41) is 0. The van der Waals surface area contributed by atoms with E-state index in [9.17, 15) is 0 Å². The summed E-state index contributed by atoms with van der Waals surface area (Å²) in [7, 11) is 0. The van der Waals surface area contributed by atoms with Gasteiger partial charge in [-0.15, -0.1) is 0 Å². The second-order valence-electron chi connectivity index (χ2n) is 3.10. The zero-order valence-electron chi connectivity index (χ0n) is 5.14. The topological polar surface area (TPSA) is 0 Å². The largest absolute Gasteiger partial charge is 0.0880 e. The van der Waals surface area contributed by atoms with Crippen LogP contribution in [0.4, 0.5) is 0 Å². The van der Waals surface area contributed by atoms with Gasteiger partial charge in [-0.3, -0.25) is 0 Å². The van der Waals surface area contributed by atoms with Crippen molar-refractivity contribution < 1.29 is 0 Å². The van der Waals surface area contributed by atoms with Crippen LogP contribution in [0.1, 0.15) is 25.7 Å². The minimum atomic E-state index is 0.980. The normalized spacial score (nSPS) is 43.0. The zero-order chi connectivity index (χ0) is 5.40. The third-order valence-corrected chi connectivity index (χ3v) is 2.46. The Labute approximate surface area is 50.6 Å². The molecule has 0 unspecified atom stereocenters. The van der Waals surface area contributed by atoms with E-state index >= 15 is 0 Å². The van der Waals surface area contributed by atoms with E-state index in [-0.39, 0.29) is 0 Å².